The molecule has 1 aromatic carbocycles. The number of nitrogens with zero attached hydrogens (tertiary/aromatic N) is 3. The molecular formula is C29H34F2N4O5. The smallest absolute Gasteiger partial charge is 0.410 e. The van der Waals surface area contributed by atoms with Gasteiger partial charge >= 0.3 is 12.7 Å². The Morgan fingerprint density at radius 1 is 1.12 bits per heavy atom. The van der Waals surface area contributed by atoms with Gasteiger partial charge in [-0.1, -0.05) is 0 Å². The molecule has 1 aliphatic carbocycles. The highest BCUT2D eigenvalue weighted by atomic mass is 19.3. The number of amides is 2. The van der Waals surface area contributed by atoms with Crippen molar-refractivity contribution < 1.29 is 32.6 Å². The van der Waals surface area contributed by atoms with Crippen LogP contribution >= 0.6 is 0 Å². The maximum absolute atomic E-state index is 13.3. The molecule has 0 bridgehead atoms. The lowest BCUT2D eigenvalue weighted by Gasteiger charge is -2.34. The van der Waals surface area contributed by atoms with Gasteiger partial charge in [0, 0.05) is 36.8 Å². The van der Waals surface area contributed by atoms with Gasteiger partial charge in [-0.15, -0.1) is 0 Å². The van der Waals surface area contributed by atoms with Gasteiger partial charge in [0.2, 0.25) is 0 Å². The molecule has 2 fully saturated rings. The van der Waals surface area contributed by atoms with Crippen LogP contribution in [0.15, 0.2) is 36.7 Å². The van der Waals surface area contributed by atoms with Gasteiger partial charge in [-0.05, 0) is 76.3 Å². The third kappa shape index (κ3) is 6.13. The predicted octanol–water partition coefficient (Wildman–Crippen LogP) is 5.62. The molecule has 2 aliphatic rings. The van der Waals surface area contributed by atoms with E-state index in [0.29, 0.717) is 30.0 Å². The average molecular weight is 557 g/mol. The van der Waals surface area contributed by atoms with Crippen LogP contribution in [0, 0.1) is 0 Å². The molecule has 1 atom stereocenters. The number of hydrogen-bond acceptors (Lipinski definition) is 6. The second-order valence-corrected chi connectivity index (χ2v) is 11.3. The third-order valence-electron chi connectivity index (χ3n) is 7.02. The van der Waals surface area contributed by atoms with Crippen LogP contribution in [0.5, 0.6) is 11.5 Å². The van der Waals surface area contributed by atoms with Crippen LogP contribution in [0.2, 0.25) is 0 Å². The molecule has 1 saturated carbocycles. The number of imidazole rings is 1. The summed E-state index contributed by atoms with van der Waals surface area (Å²) in [5, 5.41) is 2.81. The molecule has 40 heavy (non-hydrogen) atoms. The number of ether oxygens (including phenoxy) is 3. The quantitative estimate of drug-likeness (QED) is 0.406. The summed E-state index contributed by atoms with van der Waals surface area (Å²) in [5.41, 5.74) is 2.20. The van der Waals surface area contributed by atoms with E-state index in [1.807, 2.05) is 43.5 Å². The maximum Gasteiger partial charge on any atom is 0.410 e. The van der Waals surface area contributed by atoms with Crippen molar-refractivity contribution in [3.63, 3.8) is 0 Å². The minimum Gasteiger partial charge on any atom is -0.496 e. The first-order chi connectivity index (χ1) is 19.0. The van der Waals surface area contributed by atoms with Gasteiger partial charge in [0.25, 0.3) is 5.91 Å². The molecule has 0 radical (unpaired) electrons. The summed E-state index contributed by atoms with van der Waals surface area (Å²) in [5.74, 6) is -0.528. The van der Waals surface area contributed by atoms with E-state index in [1.165, 1.54) is 13.2 Å². The number of alkyl halides is 2. The summed E-state index contributed by atoms with van der Waals surface area (Å²) in [4.78, 5) is 31.8. The largest absolute Gasteiger partial charge is 0.496 e. The molecule has 1 unspecified atom stereocenters. The number of nitrogens with one attached hydrogen (secondary N) is 1. The van der Waals surface area contributed by atoms with Crippen molar-refractivity contribution in [2.45, 2.75) is 70.6 Å². The number of rotatable bonds is 7. The first kappa shape index (κ1) is 27.7. The summed E-state index contributed by atoms with van der Waals surface area (Å²) in [7, 11) is 1.38. The number of halogens is 2. The Balaban J connectivity index is 1.44. The summed E-state index contributed by atoms with van der Waals surface area (Å²) in [6, 6.07) is 7.01. The van der Waals surface area contributed by atoms with Crippen LogP contribution in [0.1, 0.15) is 68.3 Å². The van der Waals surface area contributed by atoms with Crippen LogP contribution in [0.4, 0.5) is 13.6 Å². The van der Waals surface area contributed by atoms with Crippen molar-refractivity contribution in [3.8, 4) is 22.8 Å². The Labute approximate surface area is 231 Å². The molecule has 5 rings (SSSR count). The number of hydrogen-bond donors (Lipinski definition) is 1. The molecule has 0 spiro atoms. The van der Waals surface area contributed by atoms with Crippen molar-refractivity contribution in [2.75, 3.05) is 20.2 Å². The van der Waals surface area contributed by atoms with Crippen molar-refractivity contribution in [3.05, 3.63) is 47.8 Å². The van der Waals surface area contributed by atoms with E-state index in [4.69, 9.17) is 14.2 Å². The highest BCUT2D eigenvalue weighted by Gasteiger charge is 2.30. The summed E-state index contributed by atoms with van der Waals surface area (Å²) in [6.45, 7) is 3.64. The highest BCUT2D eigenvalue weighted by Crippen LogP contribution is 2.37. The minimum absolute atomic E-state index is 0.0321. The molecule has 3 aromatic rings. The molecule has 2 amide bonds. The number of carbonyl (C=O) groups is 2. The Hall–Kier alpha value is -3.89. The third-order valence-corrected chi connectivity index (χ3v) is 7.02. The van der Waals surface area contributed by atoms with Gasteiger partial charge in [0.1, 0.15) is 28.3 Å². The first-order valence-corrected chi connectivity index (χ1v) is 13.5. The van der Waals surface area contributed by atoms with E-state index >= 15 is 0 Å². The first-order valence-electron chi connectivity index (χ1n) is 13.5. The van der Waals surface area contributed by atoms with E-state index in [0.717, 1.165) is 31.2 Å². The minimum atomic E-state index is -3.12. The lowest BCUT2D eigenvalue weighted by atomic mass is 9.91. The number of piperidine rings is 1. The molecule has 9 nitrogen and oxygen atoms in total. The van der Waals surface area contributed by atoms with E-state index < -0.39 is 18.1 Å². The van der Waals surface area contributed by atoms with Crippen LogP contribution in [0.25, 0.3) is 16.9 Å². The Morgan fingerprint density at radius 3 is 2.55 bits per heavy atom. The molecule has 2 aromatic heterocycles. The fourth-order valence-electron chi connectivity index (χ4n) is 5.00. The number of carbonyl (C=O) groups excluding carboxylic acids is 2. The van der Waals surface area contributed by atoms with Crippen LogP contribution in [0.3, 0.4) is 0 Å². The normalized spacial score (nSPS) is 17.7. The van der Waals surface area contributed by atoms with E-state index in [1.54, 1.807) is 17.2 Å². The van der Waals surface area contributed by atoms with Crippen LogP contribution in [-0.4, -0.2) is 64.7 Å². The monoisotopic (exact) mass is 556 g/mol. The van der Waals surface area contributed by atoms with Crippen LogP contribution < -0.4 is 14.8 Å². The summed E-state index contributed by atoms with van der Waals surface area (Å²) >= 11 is 0. The van der Waals surface area contributed by atoms with Gasteiger partial charge in [0.15, 0.2) is 0 Å². The Bertz CT molecular complexity index is 1410. The van der Waals surface area contributed by atoms with Gasteiger partial charge < -0.3 is 24.4 Å². The number of pyridine rings is 1. The topological polar surface area (TPSA) is 94.4 Å². The Morgan fingerprint density at radius 2 is 1.88 bits per heavy atom. The molecule has 214 valence electrons. The maximum atomic E-state index is 13.3. The van der Waals surface area contributed by atoms with Gasteiger partial charge in [-0.2, -0.15) is 8.78 Å². The zero-order chi connectivity index (χ0) is 28.6. The molecule has 1 saturated heterocycles. The molecule has 11 heteroatoms. The average Bonchev–Trinajstić information content (AvgIpc) is 3.61. The van der Waals surface area contributed by atoms with Crippen molar-refractivity contribution in [1.82, 2.24) is 19.6 Å². The summed E-state index contributed by atoms with van der Waals surface area (Å²) < 4.78 is 44.3. The van der Waals surface area contributed by atoms with Crippen molar-refractivity contribution >= 4 is 17.6 Å². The number of benzene rings is 1. The fraction of sp³-hybridized carbons (Fsp3) is 0.483. The SMILES string of the molecule is COc1cc(-c2cnc3cc(C4CCCN(C(=O)OC(C)(C)C)C4)ccn23)cc(OC(F)F)c1C(=O)NC1CC1. The van der Waals surface area contributed by atoms with E-state index in [2.05, 4.69) is 10.3 Å². The van der Waals surface area contributed by atoms with E-state index in [9.17, 15) is 18.4 Å². The van der Waals surface area contributed by atoms with Crippen molar-refractivity contribution in [1.29, 1.82) is 0 Å². The zero-order valence-electron chi connectivity index (χ0n) is 23.1. The highest BCUT2D eigenvalue weighted by molar-refractivity contribution is 6.01. The second-order valence-electron chi connectivity index (χ2n) is 11.3. The van der Waals surface area contributed by atoms with Crippen molar-refractivity contribution in [2.24, 2.45) is 0 Å². The number of fused-ring (bicyclic) bond motifs is 1. The lowest BCUT2D eigenvalue weighted by molar-refractivity contribution is -0.0502. The number of methoxy groups -OCH3 is 1. The van der Waals surface area contributed by atoms with Crippen LogP contribution in [-0.2, 0) is 4.74 Å². The number of likely N-dealkylation sites (tertiary alicyclic amines) is 1. The van der Waals surface area contributed by atoms with Gasteiger partial charge in [0.05, 0.1) is 19.0 Å². The van der Waals surface area contributed by atoms with Gasteiger partial charge in [-0.25, -0.2) is 9.78 Å². The second kappa shape index (κ2) is 10.9. The van der Waals surface area contributed by atoms with E-state index in [-0.39, 0.29) is 35.1 Å². The molecule has 1 N–H and O–H groups in total. The number of aromatic nitrogens is 2. The fourth-order valence-corrected chi connectivity index (χ4v) is 5.00. The predicted molar refractivity (Wildman–Crippen MR) is 144 cm³/mol. The molecule has 3 heterocycles. The zero-order valence-corrected chi connectivity index (χ0v) is 23.1. The van der Waals surface area contributed by atoms with Gasteiger partial charge in [-0.3, -0.25) is 9.20 Å². The molecular weight excluding hydrogens is 522 g/mol. The lowest BCUT2D eigenvalue weighted by Crippen LogP contribution is -2.42. The Kier molecular flexibility index (Phi) is 7.57. The standard InChI is InChI=1S/C29H34F2N4O5/c1-29(2,3)40-28(37)34-10-5-6-18(16-34)17-9-11-35-21(15-32-24(35)14-17)19-12-22(38-4)25(23(13-19)39-27(30)31)26(36)33-20-7-8-20/h9,11-15,18,20,27H,5-8,10,16H2,1-4H3,(H,33,36). The molecule has 1 aliphatic heterocycles. The summed E-state index contributed by atoms with van der Waals surface area (Å²) in [6.07, 6.45) is 6.68.